The van der Waals surface area contributed by atoms with E-state index in [9.17, 15) is 19.5 Å². The molecule has 0 saturated carbocycles. The van der Waals surface area contributed by atoms with Crippen molar-refractivity contribution in [2.75, 3.05) is 0 Å². The van der Waals surface area contributed by atoms with Crippen LogP contribution >= 0.6 is 35.0 Å². The summed E-state index contributed by atoms with van der Waals surface area (Å²) in [6.45, 7) is 17.3. The van der Waals surface area contributed by atoms with Crippen LogP contribution in [0.5, 0.6) is 5.75 Å². The number of carboxylic acid groups (broad SMARTS) is 1. The number of hydrogen-bond donors (Lipinski definition) is 1. The zero-order valence-corrected chi connectivity index (χ0v) is 25.5. The summed E-state index contributed by atoms with van der Waals surface area (Å²) in [6, 6.07) is 6.22. The molecule has 1 saturated heterocycles. The van der Waals surface area contributed by atoms with Gasteiger partial charge in [0.05, 0.1) is 12.0 Å². The van der Waals surface area contributed by atoms with Crippen molar-refractivity contribution in [3.05, 3.63) is 40.1 Å². The predicted molar refractivity (Wildman–Crippen MR) is 147 cm³/mol. The van der Waals surface area contributed by atoms with Crippen molar-refractivity contribution in [3.63, 3.8) is 0 Å². The molecule has 0 unspecified atom stereocenters. The summed E-state index contributed by atoms with van der Waals surface area (Å²) in [5, 5.41) is 9.90. The first-order valence-corrected chi connectivity index (χ1v) is 16.1. The van der Waals surface area contributed by atoms with E-state index in [1.54, 1.807) is 39.8 Å². The number of thioether (sulfide) groups is 1. The van der Waals surface area contributed by atoms with E-state index in [4.69, 9.17) is 32.4 Å². The summed E-state index contributed by atoms with van der Waals surface area (Å²) in [7, 11) is -2.21. The number of aliphatic carboxylic acids is 1. The van der Waals surface area contributed by atoms with Gasteiger partial charge in [-0.05, 0) is 61.1 Å². The molecule has 1 heterocycles. The molecule has 1 N–H and O–H groups in total. The van der Waals surface area contributed by atoms with E-state index in [2.05, 4.69) is 33.9 Å². The first-order chi connectivity index (χ1) is 16.3. The van der Waals surface area contributed by atoms with Crippen LogP contribution in [-0.4, -0.2) is 46.9 Å². The predicted octanol–water partition coefficient (Wildman–Crippen LogP) is 6.71. The fourth-order valence-corrected chi connectivity index (χ4v) is 6.06. The van der Waals surface area contributed by atoms with E-state index < -0.39 is 48.8 Å². The third-order valence-electron chi connectivity index (χ3n) is 6.32. The number of benzene rings is 1. The van der Waals surface area contributed by atoms with Crippen LogP contribution < -0.4 is 4.74 Å². The molecule has 0 aromatic heterocycles. The minimum Gasteiger partial charge on any atom is -0.476 e. The van der Waals surface area contributed by atoms with Crippen LogP contribution in [0.25, 0.3) is 0 Å². The maximum Gasteiger partial charge on any atom is 0.357 e. The highest BCUT2D eigenvalue weighted by atomic mass is 35.5. The zero-order valence-electron chi connectivity index (χ0n) is 22.1. The number of carbonyl (C=O) groups is 3. The van der Waals surface area contributed by atoms with Crippen molar-refractivity contribution >= 4 is 60.3 Å². The zero-order chi connectivity index (χ0) is 27.8. The van der Waals surface area contributed by atoms with E-state index >= 15 is 0 Å². The Morgan fingerprint density at radius 2 is 1.64 bits per heavy atom. The first-order valence-electron chi connectivity index (χ1n) is 11.6. The molecule has 1 fully saturated rings. The third kappa shape index (κ3) is 6.86. The normalized spacial score (nSPS) is 20.4. The highest BCUT2D eigenvalue weighted by Crippen LogP contribution is 2.44. The number of β-lactam (4-membered cyclic amide) rings is 1. The molecule has 1 aromatic carbocycles. The van der Waals surface area contributed by atoms with Gasteiger partial charge in [0.2, 0.25) is 11.0 Å². The van der Waals surface area contributed by atoms with E-state index in [1.807, 2.05) is 0 Å². The molecule has 1 amide bonds. The maximum atomic E-state index is 13.3. The fourth-order valence-electron chi connectivity index (χ4n) is 3.10. The summed E-state index contributed by atoms with van der Waals surface area (Å²) >= 11 is 13.2. The van der Waals surface area contributed by atoms with Crippen molar-refractivity contribution in [1.29, 1.82) is 0 Å². The van der Waals surface area contributed by atoms with Gasteiger partial charge in [-0.1, -0.05) is 64.7 Å². The Kier molecular flexibility index (Phi) is 9.44. The summed E-state index contributed by atoms with van der Waals surface area (Å²) in [5.74, 6) is -2.42. The van der Waals surface area contributed by atoms with Gasteiger partial charge in [0.15, 0.2) is 19.1 Å². The number of halogens is 2. The molecule has 11 heteroatoms. The standard InChI is InChI=1S/C25H35Cl2NO6SSi/c1-14(34-36(8,9)25(5,6)7)17-19(27)28(20(17)29)18(21(30)31)22(35-23(32)24(2,3)4)33-16-12-10-15(26)11-13-16/h10-14,17,19H,1-9H3,(H,30,31)/t14-,17-,19+/m1/s1. The van der Waals surface area contributed by atoms with Crippen LogP contribution in [0.4, 0.5) is 0 Å². The SMILES string of the molecule is C[C@@H](O[Si](C)(C)C(C)(C)C)[C@H]1C(=O)N(C(C(=O)O)=C(Oc2ccc(Cl)cc2)SC(=O)C(C)(C)C)[C@@H]1Cl. The van der Waals surface area contributed by atoms with Gasteiger partial charge >= 0.3 is 5.97 Å². The maximum absolute atomic E-state index is 13.3. The third-order valence-corrected chi connectivity index (χ3v) is 12.9. The van der Waals surface area contributed by atoms with Gasteiger partial charge in [0.1, 0.15) is 11.3 Å². The number of ether oxygens (including phenoxy) is 1. The smallest absolute Gasteiger partial charge is 0.357 e. The monoisotopic (exact) mass is 575 g/mol. The number of hydrogen-bond acceptors (Lipinski definition) is 6. The quantitative estimate of drug-likeness (QED) is 0.0918. The Morgan fingerprint density at radius 1 is 1.11 bits per heavy atom. The Balaban J connectivity index is 2.46. The highest BCUT2D eigenvalue weighted by molar-refractivity contribution is 8.16. The van der Waals surface area contributed by atoms with Crippen molar-refractivity contribution in [3.8, 4) is 5.75 Å². The van der Waals surface area contributed by atoms with Crippen molar-refractivity contribution < 1.29 is 28.7 Å². The topological polar surface area (TPSA) is 93.1 Å². The average molecular weight is 577 g/mol. The number of nitrogens with zero attached hydrogens (tertiary/aromatic N) is 1. The van der Waals surface area contributed by atoms with Gasteiger partial charge < -0.3 is 14.3 Å². The lowest BCUT2D eigenvalue weighted by Gasteiger charge is -2.48. The Bertz CT molecular complexity index is 1050. The van der Waals surface area contributed by atoms with Gasteiger partial charge in [0, 0.05) is 10.4 Å². The van der Waals surface area contributed by atoms with Gasteiger partial charge in [-0.25, -0.2) is 4.79 Å². The lowest BCUT2D eigenvalue weighted by atomic mass is 9.92. The Morgan fingerprint density at radius 3 is 2.06 bits per heavy atom. The summed E-state index contributed by atoms with van der Waals surface area (Å²) < 4.78 is 12.2. The Hall–Kier alpha value is -1.52. The number of amides is 1. The largest absolute Gasteiger partial charge is 0.476 e. The molecule has 200 valence electrons. The van der Waals surface area contributed by atoms with E-state index in [1.165, 1.54) is 12.1 Å². The molecule has 2 rings (SSSR count). The van der Waals surface area contributed by atoms with Gasteiger partial charge in [-0.3, -0.25) is 14.5 Å². The minimum atomic E-state index is -2.21. The van der Waals surface area contributed by atoms with Crippen molar-refractivity contribution in [2.45, 2.75) is 78.2 Å². The molecular formula is C25H35Cl2NO6SSi. The number of likely N-dealkylation sites (tertiary alicyclic amines) is 1. The van der Waals surface area contributed by atoms with E-state index in [0.29, 0.717) is 16.8 Å². The summed E-state index contributed by atoms with van der Waals surface area (Å²) in [6.07, 6.45) is -0.517. The van der Waals surface area contributed by atoms with Crippen LogP contribution in [0.2, 0.25) is 23.2 Å². The molecule has 0 radical (unpaired) electrons. The average Bonchev–Trinajstić information content (AvgIpc) is 2.70. The Labute approximate surface area is 228 Å². The van der Waals surface area contributed by atoms with Gasteiger partial charge in [0.25, 0.3) is 0 Å². The molecule has 1 aromatic rings. The lowest BCUT2D eigenvalue weighted by molar-refractivity contribution is -0.157. The van der Waals surface area contributed by atoms with Crippen LogP contribution in [0.1, 0.15) is 48.5 Å². The molecule has 1 aliphatic heterocycles. The molecule has 0 bridgehead atoms. The summed E-state index contributed by atoms with van der Waals surface area (Å²) in [5.41, 5.74) is -2.28. The second-order valence-electron chi connectivity index (χ2n) is 11.3. The lowest BCUT2D eigenvalue weighted by Crippen LogP contribution is -2.63. The van der Waals surface area contributed by atoms with Crippen LogP contribution in [0.3, 0.4) is 0 Å². The van der Waals surface area contributed by atoms with Crippen molar-refractivity contribution in [2.24, 2.45) is 11.3 Å². The van der Waals surface area contributed by atoms with Crippen LogP contribution in [0, 0.1) is 11.3 Å². The minimum absolute atomic E-state index is 0.0781. The molecule has 0 aliphatic carbocycles. The molecule has 1 aliphatic rings. The molecule has 0 spiro atoms. The molecule has 36 heavy (non-hydrogen) atoms. The number of rotatable bonds is 8. The fraction of sp³-hybridized carbons (Fsp3) is 0.560. The second kappa shape index (κ2) is 11.1. The van der Waals surface area contributed by atoms with Crippen LogP contribution in [-0.2, 0) is 18.8 Å². The van der Waals surface area contributed by atoms with Crippen molar-refractivity contribution in [1.82, 2.24) is 4.90 Å². The summed E-state index contributed by atoms with van der Waals surface area (Å²) in [4.78, 5) is 39.5. The molecule has 3 atom stereocenters. The van der Waals surface area contributed by atoms with Gasteiger partial charge in [-0.2, -0.15) is 0 Å². The number of carbonyl (C=O) groups excluding carboxylic acids is 2. The van der Waals surface area contributed by atoms with E-state index in [-0.39, 0.29) is 21.0 Å². The number of carboxylic acids is 1. The van der Waals surface area contributed by atoms with E-state index in [0.717, 1.165) is 4.90 Å². The molecular weight excluding hydrogens is 541 g/mol. The van der Waals surface area contributed by atoms with Gasteiger partial charge in [-0.15, -0.1) is 0 Å². The molecule has 7 nitrogen and oxygen atoms in total. The first kappa shape index (κ1) is 30.7. The second-order valence-corrected chi connectivity index (χ2v) is 17.9. The number of alkyl halides is 1. The van der Waals surface area contributed by atoms with Crippen LogP contribution in [0.15, 0.2) is 35.1 Å². The highest BCUT2D eigenvalue weighted by Gasteiger charge is 2.55.